The van der Waals surface area contributed by atoms with Gasteiger partial charge in [-0.1, -0.05) is 22.9 Å². The quantitative estimate of drug-likeness (QED) is 0.301. The molecule has 39 heavy (non-hydrogen) atoms. The third-order valence-corrected chi connectivity index (χ3v) is 8.70. The molecule has 4 aromatic rings. The molecule has 0 saturated carbocycles. The first-order valence-corrected chi connectivity index (χ1v) is 14.8. The number of carbonyl (C=O) groups is 1. The Labute approximate surface area is 238 Å². The number of aryl methyl sites for hydroxylation is 1. The van der Waals surface area contributed by atoms with Crippen LogP contribution in [-0.2, 0) is 22.5 Å². The number of ether oxygens (including phenoxy) is 2. The van der Waals surface area contributed by atoms with Crippen molar-refractivity contribution in [1.82, 2.24) is 34.4 Å². The molecule has 1 atom stereocenters. The van der Waals surface area contributed by atoms with Crippen molar-refractivity contribution >= 4 is 51.0 Å². The normalized spacial score (nSPS) is 17.7. The maximum Gasteiger partial charge on any atom is 0.261 e. The van der Waals surface area contributed by atoms with Crippen molar-refractivity contribution < 1.29 is 14.3 Å². The van der Waals surface area contributed by atoms with Gasteiger partial charge in [0.15, 0.2) is 17.5 Å². The molecule has 2 aliphatic rings. The van der Waals surface area contributed by atoms with E-state index in [1.807, 2.05) is 36.5 Å². The predicted molar refractivity (Wildman–Crippen MR) is 150 cm³/mol. The topological polar surface area (TPSA) is 101 Å². The van der Waals surface area contributed by atoms with Crippen LogP contribution in [0, 0.1) is 6.92 Å². The maximum atomic E-state index is 13.7. The average molecular weight is 589 g/mol. The minimum absolute atomic E-state index is 0.162. The molecule has 6 rings (SSSR count). The molecule has 11 nitrogen and oxygen atoms in total. The third-order valence-electron chi connectivity index (χ3n) is 6.66. The number of hydrogen-bond acceptors (Lipinski definition) is 11. The van der Waals surface area contributed by atoms with Crippen LogP contribution in [0.4, 0.5) is 5.82 Å². The van der Waals surface area contributed by atoms with Crippen molar-refractivity contribution in [3.8, 4) is 5.75 Å². The van der Waals surface area contributed by atoms with Crippen LogP contribution in [0.1, 0.15) is 33.1 Å². The molecule has 0 aromatic carbocycles. The summed E-state index contributed by atoms with van der Waals surface area (Å²) in [4.78, 5) is 34.8. The largest absolute Gasteiger partial charge is 0.481 e. The molecule has 1 amide bonds. The Hall–Kier alpha value is -2.84. The molecule has 6 heterocycles. The number of anilines is 1. The van der Waals surface area contributed by atoms with Gasteiger partial charge in [0, 0.05) is 38.0 Å². The Kier molecular flexibility index (Phi) is 7.42. The summed E-state index contributed by atoms with van der Waals surface area (Å²) in [5.41, 5.74) is 2.82. The monoisotopic (exact) mass is 588 g/mol. The highest BCUT2D eigenvalue weighted by Gasteiger charge is 2.38. The van der Waals surface area contributed by atoms with Crippen molar-refractivity contribution in [2.24, 2.45) is 0 Å². The number of rotatable bonds is 7. The Balaban J connectivity index is 1.25. The number of nitrogens with zero attached hydrogens (tertiary/aromatic N) is 8. The summed E-state index contributed by atoms with van der Waals surface area (Å²) in [7, 11) is 4.02. The minimum atomic E-state index is -0.403. The first kappa shape index (κ1) is 26.4. The van der Waals surface area contributed by atoms with Crippen molar-refractivity contribution in [3.63, 3.8) is 0 Å². The number of amides is 1. The molecule has 0 bridgehead atoms. The highest BCUT2D eigenvalue weighted by Crippen LogP contribution is 2.38. The maximum absolute atomic E-state index is 13.7. The van der Waals surface area contributed by atoms with Crippen molar-refractivity contribution in [2.45, 2.75) is 25.9 Å². The molecule has 1 unspecified atom stereocenters. The van der Waals surface area contributed by atoms with Crippen LogP contribution in [0.5, 0.6) is 5.75 Å². The van der Waals surface area contributed by atoms with E-state index in [1.165, 1.54) is 0 Å². The van der Waals surface area contributed by atoms with Gasteiger partial charge in [-0.15, -0.1) is 11.3 Å². The van der Waals surface area contributed by atoms with Gasteiger partial charge in [0.2, 0.25) is 4.96 Å². The lowest BCUT2D eigenvalue weighted by Crippen LogP contribution is -2.43. The number of thiazole rings is 1. The zero-order chi connectivity index (χ0) is 27.1. The van der Waals surface area contributed by atoms with Gasteiger partial charge in [-0.25, -0.2) is 19.5 Å². The summed E-state index contributed by atoms with van der Waals surface area (Å²) < 4.78 is 13.2. The second kappa shape index (κ2) is 11.0. The van der Waals surface area contributed by atoms with E-state index in [9.17, 15) is 4.79 Å². The van der Waals surface area contributed by atoms with Gasteiger partial charge in [0.25, 0.3) is 5.91 Å². The fourth-order valence-electron chi connectivity index (χ4n) is 4.94. The van der Waals surface area contributed by atoms with E-state index in [-0.39, 0.29) is 17.7 Å². The zero-order valence-corrected chi connectivity index (χ0v) is 24.4. The second-order valence-corrected chi connectivity index (χ2v) is 12.2. The third kappa shape index (κ3) is 5.33. The SMILES string of the molecule is Cc1nn2c3c(nc2s1)CCN(C(=O)COc1ccc(N2CCOCC2)nc1Cl)C3c1nc(CN(C)C)cs1. The van der Waals surface area contributed by atoms with E-state index >= 15 is 0 Å². The Morgan fingerprint density at radius 2 is 2.03 bits per heavy atom. The molecule has 4 aromatic heterocycles. The summed E-state index contributed by atoms with van der Waals surface area (Å²) in [6.45, 7) is 5.85. The van der Waals surface area contributed by atoms with E-state index in [4.69, 9.17) is 36.1 Å². The van der Waals surface area contributed by atoms with Crippen molar-refractivity contribution in [3.05, 3.63) is 49.8 Å². The summed E-state index contributed by atoms with van der Waals surface area (Å²) in [6.07, 6.45) is 0.638. The minimum Gasteiger partial charge on any atom is -0.481 e. The molecule has 1 fully saturated rings. The number of hydrogen-bond donors (Lipinski definition) is 0. The number of aromatic nitrogens is 5. The van der Waals surface area contributed by atoms with Crippen LogP contribution in [0.2, 0.25) is 5.15 Å². The van der Waals surface area contributed by atoms with Gasteiger partial charge in [-0.05, 0) is 33.2 Å². The highest BCUT2D eigenvalue weighted by atomic mass is 35.5. The van der Waals surface area contributed by atoms with Crippen LogP contribution < -0.4 is 9.64 Å². The average Bonchev–Trinajstić information content (AvgIpc) is 3.61. The van der Waals surface area contributed by atoms with E-state index in [2.05, 4.69) is 20.2 Å². The molecular weight excluding hydrogens is 560 g/mol. The van der Waals surface area contributed by atoms with Gasteiger partial charge >= 0.3 is 0 Å². The van der Waals surface area contributed by atoms with Crippen molar-refractivity contribution in [2.75, 3.05) is 58.5 Å². The van der Waals surface area contributed by atoms with Crippen LogP contribution >= 0.6 is 34.3 Å². The number of pyridine rings is 1. The first-order valence-electron chi connectivity index (χ1n) is 12.7. The number of halogens is 1. The lowest BCUT2D eigenvalue weighted by molar-refractivity contribution is -0.135. The van der Waals surface area contributed by atoms with Crippen LogP contribution in [0.3, 0.4) is 0 Å². The Bertz CT molecular complexity index is 1500. The van der Waals surface area contributed by atoms with Gasteiger partial charge in [-0.3, -0.25) is 4.79 Å². The molecular formula is C25H29ClN8O3S2. The van der Waals surface area contributed by atoms with Gasteiger partial charge in [0.05, 0.1) is 30.3 Å². The molecule has 1 saturated heterocycles. The standard InChI is InChI=1S/C25H29ClN8O3S2/c1-15-30-34-21-17(28-25(34)39-15)6-7-33(22(21)24-27-16(14-38-24)12-31(2)3)20(35)13-37-18-4-5-19(29-23(18)26)32-8-10-36-11-9-32/h4-5,14,22H,6-13H2,1-3H3. The molecule has 0 N–H and O–H groups in total. The van der Waals surface area contributed by atoms with E-state index in [0.717, 1.165) is 57.5 Å². The summed E-state index contributed by atoms with van der Waals surface area (Å²) in [5.74, 6) is 0.983. The van der Waals surface area contributed by atoms with Crippen LogP contribution in [0.15, 0.2) is 17.5 Å². The number of morpholine rings is 1. The zero-order valence-electron chi connectivity index (χ0n) is 22.0. The van der Waals surface area contributed by atoms with Gasteiger partial charge in [0.1, 0.15) is 21.9 Å². The fraction of sp³-hybridized carbons (Fsp3) is 0.480. The smallest absolute Gasteiger partial charge is 0.261 e. The van der Waals surface area contributed by atoms with Crippen LogP contribution in [0.25, 0.3) is 4.96 Å². The number of imidazole rings is 1. The summed E-state index contributed by atoms with van der Waals surface area (Å²) in [6, 6.07) is 3.23. The van der Waals surface area contributed by atoms with Gasteiger partial charge < -0.3 is 24.2 Å². The number of fused-ring (bicyclic) bond motifs is 3. The van der Waals surface area contributed by atoms with Crippen molar-refractivity contribution in [1.29, 1.82) is 0 Å². The molecule has 0 aliphatic carbocycles. The Morgan fingerprint density at radius 3 is 2.79 bits per heavy atom. The highest BCUT2D eigenvalue weighted by molar-refractivity contribution is 7.16. The Morgan fingerprint density at radius 1 is 1.21 bits per heavy atom. The lowest BCUT2D eigenvalue weighted by Gasteiger charge is -2.34. The molecule has 14 heteroatoms. The molecule has 206 valence electrons. The van der Waals surface area contributed by atoms with E-state index in [1.54, 1.807) is 28.7 Å². The second-order valence-electron chi connectivity index (χ2n) is 9.76. The molecule has 0 radical (unpaired) electrons. The predicted octanol–water partition coefficient (Wildman–Crippen LogP) is 3.06. The first-order chi connectivity index (χ1) is 18.9. The molecule has 2 aliphatic heterocycles. The summed E-state index contributed by atoms with van der Waals surface area (Å²) in [5, 5.41) is 8.73. The number of carbonyl (C=O) groups excluding carboxylic acids is 1. The van der Waals surface area contributed by atoms with E-state index < -0.39 is 6.04 Å². The fourth-order valence-corrected chi connectivity index (χ4v) is 6.83. The molecule has 0 spiro atoms. The van der Waals surface area contributed by atoms with E-state index in [0.29, 0.717) is 31.9 Å². The van der Waals surface area contributed by atoms with Gasteiger partial charge in [-0.2, -0.15) is 5.10 Å². The lowest BCUT2D eigenvalue weighted by atomic mass is 10.0. The van der Waals surface area contributed by atoms with Crippen LogP contribution in [-0.4, -0.2) is 93.8 Å². The summed E-state index contributed by atoms with van der Waals surface area (Å²) >= 11 is 9.55.